The first kappa shape index (κ1) is 26.5. The molecule has 0 fully saturated rings. The van der Waals surface area contributed by atoms with Crippen LogP contribution in [0.15, 0.2) is 52.2 Å². The Hall–Kier alpha value is -4.06. The summed E-state index contributed by atoms with van der Waals surface area (Å²) in [7, 11) is 1.41. The normalized spacial score (nSPS) is 11.8. The number of hydrogen-bond acceptors (Lipinski definition) is 7. The van der Waals surface area contributed by atoms with Crippen molar-refractivity contribution in [2.24, 2.45) is 5.10 Å². The van der Waals surface area contributed by atoms with Gasteiger partial charge in [-0.25, -0.2) is 15.0 Å². The van der Waals surface area contributed by atoms with Crippen LogP contribution in [0.1, 0.15) is 18.1 Å². The van der Waals surface area contributed by atoms with Crippen LogP contribution in [0.3, 0.4) is 0 Å². The van der Waals surface area contributed by atoms with Gasteiger partial charge in [-0.3, -0.25) is 4.79 Å². The largest absolute Gasteiger partial charge is 0.493 e. The van der Waals surface area contributed by atoms with Crippen molar-refractivity contribution >= 4 is 51.0 Å². The van der Waals surface area contributed by atoms with Crippen molar-refractivity contribution in [3.63, 3.8) is 0 Å². The van der Waals surface area contributed by atoms with E-state index in [-0.39, 0.29) is 24.5 Å². The van der Waals surface area contributed by atoms with Gasteiger partial charge in [0.1, 0.15) is 6.04 Å². The number of benzene rings is 2. The van der Waals surface area contributed by atoms with Crippen LogP contribution >= 0.6 is 15.9 Å². The average Bonchev–Trinajstić information content (AvgIpc) is 3.25. The van der Waals surface area contributed by atoms with Crippen LogP contribution in [0, 0.1) is 0 Å². The van der Waals surface area contributed by atoms with E-state index in [1.54, 1.807) is 25.3 Å². The molecule has 0 aliphatic heterocycles. The zero-order valence-corrected chi connectivity index (χ0v) is 21.1. The Morgan fingerprint density at radius 2 is 2.03 bits per heavy atom. The van der Waals surface area contributed by atoms with Gasteiger partial charge in [0.25, 0.3) is 5.91 Å². The fourth-order valence-corrected chi connectivity index (χ4v) is 3.96. The van der Waals surface area contributed by atoms with Crippen molar-refractivity contribution in [3.8, 4) is 11.5 Å². The third-order valence-corrected chi connectivity index (χ3v) is 5.55. The second-order valence-electron chi connectivity index (χ2n) is 7.43. The number of carbonyl (C=O) groups excluding carboxylic acids is 2. The van der Waals surface area contributed by atoms with Crippen molar-refractivity contribution < 1.29 is 33.7 Å². The maximum atomic E-state index is 12.9. The monoisotopic (exact) mass is 560 g/mol. The summed E-state index contributed by atoms with van der Waals surface area (Å²) in [5, 5.41) is 16.3. The number of nitrogens with one attached hydrogen (secondary N) is 3. The number of nitrogens with zero attached hydrogens (tertiary/aromatic N) is 1. The van der Waals surface area contributed by atoms with Crippen LogP contribution in [-0.2, 0) is 20.7 Å². The molecular formula is C24H25BrN4O7. The molecule has 3 rings (SSSR count). The highest BCUT2D eigenvalue weighted by Crippen LogP contribution is 2.36. The summed E-state index contributed by atoms with van der Waals surface area (Å²) < 4.78 is 15.9. The molecule has 11 nitrogen and oxygen atoms in total. The van der Waals surface area contributed by atoms with Crippen LogP contribution < -0.4 is 20.2 Å². The average molecular weight is 561 g/mol. The minimum Gasteiger partial charge on any atom is -0.493 e. The number of rotatable bonds is 11. The number of para-hydroxylation sites is 1. The second kappa shape index (κ2) is 12.6. The van der Waals surface area contributed by atoms with Crippen LogP contribution in [0.4, 0.5) is 4.79 Å². The number of carboxylic acids is 1. The number of carbonyl (C=O) groups is 3. The number of carboxylic acid groups (broad SMARTS) is 1. The van der Waals surface area contributed by atoms with Gasteiger partial charge in [-0.2, -0.15) is 5.10 Å². The number of aliphatic carboxylic acids is 1. The Labute approximate surface area is 214 Å². The molecule has 0 radical (unpaired) electrons. The van der Waals surface area contributed by atoms with Crippen LogP contribution in [0.2, 0.25) is 0 Å². The van der Waals surface area contributed by atoms with E-state index in [1.165, 1.54) is 13.3 Å². The summed E-state index contributed by atoms with van der Waals surface area (Å²) in [6.45, 7) is 1.29. The lowest BCUT2D eigenvalue weighted by Gasteiger charge is -2.16. The third-order valence-electron chi connectivity index (χ3n) is 4.96. The maximum absolute atomic E-state index is 12.9. The van der Waals surface area contributed by atoms with E-state index in [0.717, 1.165) is 16.5 Å². The fraction of sp³-hybridized carbons (Fsp3) is 0.250. The second-order valence-corrected chi connectivity index (χ2v) is 8.29. The number of aromatic nitrogens is 1. The number of amides is 2. The molecule has 0 saturated heterocycles. The summed E-state index contributed by atoms with van der Waals surface area (Å²) >= 11 is 3.32. The molecule has 0 aliphatic carbocycles. The minimum atomic E-state index is -1.13. The quantitative estimate of drug-likeness (QED) is 0.207. The molecular weight excluding hydrogens is 536 g/mol. The lowest BCUT2D eigenvalue weighted by molar-refractivity contribution is -0.139. The van der Waals surface area contributed by atoms with Gasteiger partial charge in [0.05, 0.1) is 24.4 Å². The molecule has 0 saturated carbocycles. The SMILES string of the molecule is CCOC(=O)N[C@H](Cc1c[nH]c2ccccc12)C(=O)N/N=C\c1cc(Br)c(OCC(=O)O)c(OC)c1. The van der Waals surface area contributed by atoms with Crippen LogP contribution in [0.25, 0.3) is 10.9 Å². The highest BCUT2D eigenvalue weighted by molar-refractivity contribution is 9.10. The van der Waals surface area contributed by atoms with Gasteiger partial charge >= 0.3 is 12.1 Å². The summed E-state index contributed by atoms with van der Waals surface area (Å²) in [4.78, 5) is 38.9. The van der Waals surface area contributed by atoms with Crippen molar-refractivity contribution in [2.75, 3.05) is 20.3 Å². The third kappa shape index (κ3) is 6.98. The highest BCUT2D eigenvalue weighted by atomic mass is 79.9. The Balaban J connectivity index is 1.74. The van der Waals surface area contributed by atoms with Crippen molar-refractivity contribution in [1.82, 2.24) is 15.7 Å². The van der Waals surface area contributed by atoms with E-state index >= 15 is 0 Å². The van der Waals surface area contributed by atoms with Gasteiger partial charge in [0.15, 0.2) is 18.1 Å². The summed E-state index contributed by atoms with van der Waals surface area (Å²) in [5.74, 6) is -1.17. The highest BCUT2D eigenvalue weighted by Gasteiger charge is 2.23. The molecule has 0 bridgehead atoms. The molecule has 4 N–H and O–H groups in total. The number of methoxy groups -OCH3 is 1. The van der Waals surface area contributed by atoms with E-state index in [2.05, 4.69) is 36.8 Å². The zero-order valence-electron chi connectivity index (χ0n) is 19.5. The molecule has 1 aromatic heterocycles. The molecule has 0 unspecified atom stereocenters. The van der Waals surface area contributed by atoms with Gasteiger partial charge in [-0.15, -0.1) is 0 Å². The number of hydrogen-bond donors (Lipinski definition) is 4. The number of aromatic amines is 1. The molecule has 190 valence electrons. The maximum Gasteiger partial charge on any atom is 0.407 e. The molecule has 1 atom stereocenters. The van der Waals surface area contributed by atoms with Crippen molar-refractivity contribution in [2.45, 2.75) is 19.4 Å². The number of alkyl carbamates (subject to hydrolysis) is 1. The molecule has 36 heavy (non-hydrogen) atoms. The number of fused-ring (bicyclic) bond motifs is 1. The molecule has 0 spiro atoms. The van der Waals surface area contributed by atoms with Gasteiger partial charge in [0.2, 0.25) is 0 Å². The minimum absolute atomic E-state index is 0.161. The molecule has 0 aliphatic rings. The summed E-state index contributed by atoms with van der Waals surface area (Å²) in [6.07, 6.45) is 2.66. The first-order valence-corrected chi connectivity index (χ1v) is 11.6. The van der Waals surface area contributed by atoms with Crippen molar-refractivity contribution in [3.05, 3.63) is 58.2 Å². The molecule has 2 amide bonds. The Morgan fingerprint density at radius 3 is 2.75 bits per heavy atom. The van der Waals surface area contributed by atoms with E-state index < -0.39 is 30.6 Å². The number of hydrazone groups is 1. The van der Waals surface area contributed by atoms with E-state index in [1.807, 2.05) is 24.3 Å². The first-order valence-electron chi connectivity index (χ1n) is 10.9. The first-order chi connectivity index (χ1) is 17.3. The topological polar surface area (TPSA) is 151 Å². The van der Waals surface area contributed by atoms with Crippen molar-refractivity contribution in [1.29, 1.82) is 0 Å². The lowest BCUT2D eigenvalue weighted by atomic mass is 10.0. The van der Waals surface area contributed by atoms with E-state index in [4.69, 9.17) is 19.3 Å². The summed E-state index contributed by atoms with van der Waals surface area (Å²) in [6, 6.07) is 9.87. The van der Waals surface area contributed by atoms with Gasteiger partial charge in [-0.05, 0) is 52.2 Å². The molecule has 2 aromatic carbocycles. The lowest BCUT2D eigenvalue weighted by Crippen LogP contribution is -2.47. The number of halogens is 1. The van der Waals surface area contributed by atoms with E-state index in [0.29, 0.717) is 10.0 Å². The zero-order chi connectivity index (χ0) is 26.1. The fourth-order valence-electron chi connectivity index (χ4n) is 3.38. The molecule has 1 heterocycles. The number of H-pyrrole nitrogens is 1. The summed E-state index contributed by atoms with van der Waals surface area (Å²) in [5.41, 5.74) is 4.73. The predicted molar refractivity (Wildman–Crippen MR) is 136 cm³/mol. The Morgan fingerprint density at radius 1 is 1.25 bits per heavy atom. The van der Waals surface area contributed by atoms with E-state index in [9.17, 15) is 14.4 Å². The van der Waals surface area contributed by atoms with Gasteiger partial charge in [0, 0.05) is 23.5 Å². The standard InChI is InChI=1S/C24H25BrN4O7/c1-3-35-24(33)28-19(10-15-12-26-18-7-5-4-6-16(15)18)23(32)29-27-11-14-8-17(25)22(20(9-14)34-2)36-13-21(30)31/h4-9,11-12,19,26H,3,10,13H2,1-2H3,(H,28,33)(H,29,32)(H,30,31)/b27-11-/t19-/m1/s1. The molecule has 12 heteroatoms. The Bertz CT molecular complexity index is 1270. The Kier molecular flexibility index (Phi) is 9.28. The number of ether oxygens (including phenoxy) is 3. The smallest absolute Gasteiger partial charge is 0.407 e. The predicted octanol–water partition coefficient (Wildman–Crippen LogP) is 3.21. The van der Waals surface area contributed by atoms with Gasteiger partial charge < -0.3 is 29.6 Å². The van der Waals surface area contributed by atoms with Crippen LogP contribution in [-0.4, -0.2) is 60.6 Å². The van der Waals surface area contributed by atoms with Crippen LogP contribution in [0.5, 0.6) is 11.5 Å². The van der Waals surface area contributed by atoms with Gasteiger partial charge in [-0.1, -0.05) is 18.2 Å². The molecule has 3 aromatic rings.